The second-order valence-corrected chi connectivity index (χ2v) is 10.7. The minimum atomic E-state index is -3.68. The Bertz CT molecular complexity index is 1010. The lowest BCUT2D eigenvalue weighted by Gasteiger charge is -2.24. The van der Waals surface area contributed by atoms with Gasteiger partial charge < -0.3 is 4.90 Å². The number of nitrogens with zero attached hydrogens (tertiary/aromatic N) is 2. The van der Waals surface area contributed by atoms with Crippen molar-refractivity contribution in [3.8, 4) is 0 Å². The average Bonchev–Trinajstić information content (AvgIpc) is 2.86. The number of halogens is 1. The van der Waals surface area contributed by atoms with E-state index in [9.17, 15) is 13.2 Å². The molecule has 2 aromatic rings. The summed E-state index contributed by atoms with van der Waals surface area (Å²) in [6.07, 6.45) is 0.833. The average molecular weight is 453 g/mol. The van der Waals surface area contributed by atoms with E-state index in [2.05, 4.69) is 6.92 Å². The number of rotatable bonds is 5. The van der Waals surface area contributed by atoms with Crippen LogP contribution in [-0.2, 0) is 10.0 Å². The first-order chi connectivity index (χ1) is 13.8. The first-order valence-electron chi connectivity index (χ1n) is 9.66. The molecule has 0 fully saturated rings. The summed E-state index contributed by atoms with van der Waals surface area (Å²) in [5.41, 5.74) is 1.04. The molecule has 156 valence electrons. The molecule has 0 aromatic heterocycles. The molecular weight excluding hydrogens is 428 g/mol. The van der Waals surface area contributed by atoms with Crippen molar-refractivity contribution in [2.75, 3.05) is 24.5 Å². The van der Waals surface area contributed by atoms with Crippen molar-refractivity contribution in [2.24, 2.45) is 0 Å². The highest BCUT2D eigenvalue weighted by Gasteiger charge is 2.28. The van der Waals surface area contributed by atoms with Crippen LogP contribution >= 0.6 is 23.4 Å². The summed E-state index contributed by atoms with van der Waals surface area (Å²) in [4.78, 5) is 16.3. The van der Waals surface area contributed by atoms with Crippen LogP contribution in [0.15, 0.2) is 52.3 Å². The van der Waals surface area contributed by atoms with Gasteiger partial charge in [0, 0.05) is 29.8 Å². The first-order valence-corrected chi connectivity index (χ1v) is 12.4. The van der Waals surface area contributed by atoms with Crippen molar-refractivity contribution >= 4 is 45.0 Å². The van der Waals surface area contributed by atoms with Crippen LogP contribution in [0.25, 0.3) is 0 Å². The maximum Gasteiger partial charge on any atom is 0.259 e. The van der Waals surface area contributed by atoms with Crippen molar-refractivity contribution in [1.82, 2.24) is 4.31 Å². The number of para-hydroxylation sites is 1. The molecule has 0 radical (unpaired) electrons. The first kappa shape index (κ1) is 22.2. The Morgan fingerprint density at radius 2 is 1.90 bits per heavy atom. The molecule has 1 amide bonds. The number of thioether (sulfide) groups is 1. The maximum absolute atomic E-state index is 13.5. The molecule has 0 spiro atoms. The third-order valence-corrected chi connectivity index (χ3v) is 8.61. The Hall–Kier alpha value is -1.54. The van der Waals surface area contributed by atoms with Gasteiger partial charge in [-0.3, -0.25) is 4.79 Å². The van der Waals surface area contributed by atoms with E-state index in [-0.39, 0.29) is 21.4 Å². The third kappa shape index (κ3) is 4.48. The lowest BCUT2D eigenvalue weighted by Crippen LogP contribution is -2.33. The van der Waals surface area contributed by atoms with Gasteiger partial charge in [0.25, 0.3) is 5.91 Å². The van der Waals surface area contributed by atoms with Gasteiger partial charge in [0.2, 0.25) is 10.0 Å². The number of sulfonamides is 1. The molecule has 1 atom stereocenters. The van der Waals surface area contributed by atoms with Crippen LogP contribution < -0.4 is 4.90 Å². The van der Waals surface area contributed by atoms with Crippen LogP contribution in [0.1, 0.15) is 37.6 Å². The van der Waals surface area contributed by atoms with E-state index in [1.165, 1.54) is 22.5 Å². The van der Waals surface area contributed by atoms with Crippen LogP contribution in [-0.4, -0.2) is 43.5 Å². The summed E-state index contributed by atoms with van der Waals surface area (Å²) in [5.74, 6) is -0.284. The molecule has 8 heteroatoms. The molecule has 2 aromatic carbocycles. The summed E-state index contributed by atoms with van der Waals surface area (Å²) in [5, 5.41) is 0.620. The van der Waals surface area contributed by atoms with Gasteiger partial charge in [-0.25, -0.2) is 8.42 Å². The van der Waals surface area contributed by atoms with Gasteiger partial charge in [0.1, 0.15) is 0 Å². The molecule has 0 aliphatic carbocycles. The van der Waals surface area contributed by atoms with Crippen LogP contribution in [0, 0.1) is 0 Å². The number of amides is 1. The van der Waals surface area contributed by atoms with E-state index in [1.54, 1.807) is 30.5 Å². The minimum absolute atomic E-state index is 0.0831. The molecule has 5 nitrogen and oxygen atoms in total. The van der Waals surface area contributed by atoms with Gasteiger partial charge in [0.15, 0.2) is 0 Å². The standard InChI is InChI=1S/C21H25ClN2O3S2/c1-4-23(5-2)29(26,27)16-10-11-18(22)17(14-16)21(25)24-13-12-15(3)28-20-9-7-6-8-19(20)24/h6-11,14-15H,4-5,12-13H2,1-3H3/t15-/m1/s1. The molecule has 29 heavy (non-hydrogen) atoms. The fourth-order valence-corrected chi connectivity index (χ4v) is 6.18. The van der Waals surface area contributed by atoms with Crippen molar-refractivity contribution in [2.45, 2.75) is 42.2 Å². The summed E-state index contributed by atoms with van der Waals surface area (Å²) >= 11 is 8.08. The Morgan fingerprint density at radius 1 is 1.21 bits per heavy atom. The molecule has 0 saturated heterocycles. The molecule has 3 rings (SSSR count). The Kier molecular flexibility index (Phi) is 6.94. The number of fused-ring (bicyclic) bond motifs is 1. The van der Waals surface area contributed by atoms with E-state index < -0.39 is 10.0 Å². The highest BCUT2D eigenvalue weighted by molar-refractivity contribution is 8.00. The third-order valence-electron chi connectivity index (χ3n) is 5.00. The van der Waals surface area contributed by atoms with Crippen molar-refractivity contribution in [3.63, 3.8) is 0 Å². The Balaban J connectivity index is 2.04. The van der Waals surface area contributed by atoms with E-state index in [0.717, 1.165) is 17.0 Å². The molecule has 0 saturated carbocycles. The zero-order valence-corrected chi connectivity index (χ0v) is 19.1. The number of benzene rings is 2. The fraction of sp³-hybridized carbons (Fsp3) is 0.381. The van der Waals surface area contributed by atoms with E-state index in [0.29, 0.717) is 24.9 Å². The quantitative estimate of drug-likeness (QED) is 0.647. The molecular formula is C21H25ClN2O3S2. The zero-order chi connectivity index (χ0) is 21.2. The summed E-state index contributed by atoms with van der Waals surface area (Å²) in [6, 6.07) is 12.1. The second-order valence-electron chi connectivity index (χ2n) is 6.87. The van der Waals surface area contributed by atoms with Gasteiger partial charge in [0.05, 0.1) is 21.2 Å². The molecule has 1 heterocycles. The molecule has 1 aliphatic heterocycles. The van der Waals surface area contributed by atoms with Crippen LogP contribution in [0.3, 0.4) is 0 Å². The maximum atomic E-state index is 13.5. The smallest absolute Gasteiger partial charge is 0.259 e. The predicted octanol–water partition coefficient (Wildman–Crippen LogP) is 4.90. The number of anilines is 1. The Labute approximate surface area is 182 Å². The fourth-order valence-electron chi connectivity index (χ4n) is 3.38. The van der Waals surface area contributed by atoms with Crippen LogP contribution in [0.4, 0.5) is 5.69 Å². The van der Waals surface area contributed by atoms with Gasteiger partial charge in [-0.15, -0.1) is 11.8 Å². The lowest BCUT2D eigenvalue weighted by molar-refractivity contribution is 0.0986. The summed E-state index contributed by atoms with van der Waals surface area (Å²) in [6.45, 7) is 6.98. The molecule has 0 unspecified atom stereocenters. The Morgan fingerprint density at radius 3 is 2.59 bits per heavy atom. The van der Waals surface area contributed by atoms with E-state index in [4.69, 9.17) is 11.6 Å². The van der Waals surface area contributed by atoms with Crippen LogP contribution in [0.2, 0.25) is 5.02 Å². The predicted molar refractivity (Wildman–Crippen MR) is 120 cm³/mol. The second kappa shape index (κ2) is 9.08. The highest BCUT2D eigenvalue weighted by Crippen LogP contribution is 2.38. The van der Waals surface area contributed by atoms with E-state index >= 15 is 0 Å². The number of hydrogen-bond donors (Lipinski definition) is 0. The number of hydrogen-bond acceptors (Lipinski definition) is 4. The van der Waals surface area contributed by atoms with Crippen molar-refractivity contribution < 1.29 is 13.2 Å². The van der Waals surface area contributed by atoms with Gasteiger partial charge in [-0.05, 0) is 36.8 Å². The monoisotopic (exact) mass is 452 g/mol. The zero-order valence-electron chi connectivity index (χ0n) is 16.8. The van der Waals surface area contributed by atoms with Crippen molar-refractivity contribution in [3.05, 3.63) is 53.1 Å². The minimum Gasteiger partial charge on any atom is -0.307 e. The number of carbonyl (C=O) groups is 1. The van der Waals surface area contributed by atoms with E-state index in [1.807, 2.05) is 24.3 Å². The largest absolute Gasteiger partial charge is 0.307 e. The van der Waals surface area contributed by atoms with Gasteiger partial charge in [-0.1, -0.05) is 44.5 Å². The number of carbonyl (C=O) groups excluding carboxylic acids is 1. The topological polar surface area (TPSA) is 57.7 Å². The normalized spacial score (nSPS) is 17.1. The summed E-state index contributed by atoms with van der Waals surface area (Å²) < 4.78 is 27.2. The molecule has 1 aliphatic rings. The lowest BCUT2D eigenvalue weighted by atomic mass is 10.1. The van der Waals surface area contributed by atoms with Crippen LogP contribution in [0.5, 0.6) is 0 Å². The molecule has 0 N–H and O–H groups in total. The van der Waals surface area contributed by atoms with Gasteiger partial charge in [-0.2, -0.15) is 4.31 Å². The molecule has 0 bridgehead atoms. The highest BCUT2D eigenvalue weighted by atomic mass is 35.5. The summed E-state index contributed by atoms with van der Waals surface area (Å²) in [7, 11) is -3.68. The van der Waals surface area contributed by atoms with Crippen molar-refractivity contribution in [1.29, 1.82) is 0 Å². The van der Waals surface area contributed by atoms with Gasteiger partial charge >= 0.3 is 0 Å². The SMILES string of the molecule is CCN(CC)S(=O)(=O)c1ccc(Cl)c(C(=O)N2CC[C@@H](C)Sc3ccccc32)c1.